The van der Waals surface area contributed by atoms with Gasteiger partial charge in [-0.1, -0.05) is 18.2 Å². The molecule has 2 rings (SSSR count). The Balaban J connectivity index is 2.21. The molecule has 1 aromatic carbocycles. The molecule has 2 aromatic rings. The topological polar surface area (TPSA) is 213 Å². The van der Waals surface area contributed by atoms with Crippen molar-refractivity contribution in [3.63, 3.8) is 0 Å². The molecule has 0 saturated carbocycles. The van der Waals surface area contributed by atoms with Crippen molar-refractivity contribution in [1.29, 1.82) is 0 Å². The van der Waals surface area contributed by atoms with Crippen LogP contribution in [0, 0.1) is 0 Å². The van der Waals surface area contributed by atoms with Crippen molar-refractivity contribution >= 4 is 34.6 Å². The molecule has 10 N–H and O–H groups in total. The maximum Gasteiger partial charge on any atom is 0.326 e. The number of carboxylic acids is 1. The first-order valence-electron chi connectivity index (χ1n) is 11.9. The molecule has 198 valence electrons. The fourth-order valence-electron chi connectivity index (χ4n) is 3.70. The molecular weight excluding hydrogens is 468 g/mol. The van der Waals surface area contributed by atoms with Crippen LogP contribution in [0.1, 0.15) is 38.7 Å². The maximum atomic E-state index is 13.2. The van der Waals surface area contributed by atoms with E-state index >= 15 is 0 Å². The molecule has 0 aliphatic carbocycles. The van der Waals surface area contributed by atoms with Crippen molar-refractivity contribution in [3.8, 4) is 0 Å². The monoisotopic (exact) mass is 504 g/mol. The van der Waals surface area contributed by atoms with Crippen LogP contribution in [0.5, 0.6) is 0 Å². The van der Waals surface area contributed by atoms with Gasteiger partial charge in [0.1, 0.15) is 18.1 Å². The van der Waals surface area contributed by atoms with E-state index in [2.05, 4.69) is 20.9 Å². The van der Waals surface area contributed by atoms with Gasteiger partial charge in [-0.05, 0) is 51.3 Å². The smallest absolute Gasteiger partial charge is 0.326 e. The van der Waals surface area contributed by atoms with E-state index in [0.29, 0.717) is 19.4 Å². The summed E-state index contributed by atoms with van der Waals surface area (Å²) in [5.74, 6) is -3.40. The van der Waals surface area contributed by atoms with Gasteiger partial charge >= 0.3 is 5.97 Å². The third kappa shape index (κ3) is 8.04. The van der Waals surface area contributed by atoms with E-state index in [9.17, 15) is 29.4 Å². The summed E-state index contributed by atoms with van der Waals surface area (Å²) in [4.78, 5) is 53.0. The molecule has 3 amide bonds. The van der Waals surface area contributed by atoms with E-state index in [1.807, 2.05) is 24.3 Å². The zero-order valence-corrected chi connectivity index (χ0v) is 20.5. The number of unbranched alkanes of at least 4 members (excludes halogenated alkanes) is 1. The third-order valence-corrected chi connectivity index (χ3v) is 5.77. The quantitative estimate of drug-likeness (QED) is 0.151. The standard InChI is InChI=1S/C24H36N6O6/c1-13(26)21(32)29-19(11-15-12-27-17-8-4-3-7-16(15)17)22(33)30-20(14(2)31)23(34)28-18(24(35)36)9-5-6-10-25/h3-4,7-8,12-14,18-20,27,31H,5-6,9-11,25-26H2,1-2H3,(H,28,34)(H,29,32)(H,30,33)(H,35,36). The lowest BCUT2D eigenvalue weighted by molar-refractivity contribution is -0.143. The Morgan fingerprint density at radius 1 is 0.972 bits per heavy atom. The lowest BCUT2D eigenvalue weighted by Gasteiger charge is -2.26. The highest BCUT2D eigenvalue weighted by atomic mass is 16.4. The first-order chi connectivity index (χ1) is 17.0. The van der Waals surface area contributed by atoms with Gasteiger partial charge in [0, 0.05) is 23.5 Å². The number of aliphatic hydroxyl groups is 1. The minimum Gasteiger partial charge on any atom is -0.480 e. The van der Waals surface area contributed by atoms with Gasteiger partial charge in [0.15, 0.2) is 0 Å². The number of nitrogens with one attached hydrogen (secondary N) is 4. The number of carboxylic acid groups (broad SMARTS) is 1. The first kappa shape index (κ1) is 28.8. The number of aliphatic hydroxyl groups excluding tert-OH is 1. The minimum absolute atomic E-state index is 0.0826. The van der Waals surface area contributed by atoms with Crippen LogP contribution in [0.25, 0.3) is 10.9 Å². The number of H-pyrrole nitrogens is 1. The molecule has 1 aromatic heterocycles. The maximum absolute atomic E-state index is 13.2. The van der Waals surface area contributed by atoms with Gasteiger partial charge in [-0.25, -0.2) is 4.79 Å². The van der Waals surface area contributed by atoms with E-state index in [4.69, 9.17) is 11.5 Å². The van der Waals surface area contributed by atoms with Gasteiger partial charge in [-0.3, -0.25) is 14.4 Å². The number of carbonyl (C=O) groups is 4. The number of fused-ring (bicyclic) bond motifs is 1. The predicted octanol–water partition coefficient (Wildman–Crippen LogP) is -0.894. The van der Waals surface area contributed by atoms with Crippen LogP contribution < -0.4 is 27.4 Å². The molecule has 0 saturated heterocycles. The zero-order chi connectivity index (χ0) is 26.8. The van der Waals surface area contributed by atoms with E-state index in [0.717, 1.165) is 16.5 Å². The summed E-state index contributed by atoms with van der Waals surface area (Å²) in [5, 5.41) is 27.9. The Bertz CT molecular complexity index is 1050. The van der Waals surface area contributed by atoms with Crippen LogP contribution in [0.3, 0.4) is 0 Å². The second-order valence-corrected chi connectivity index (χ2v) is 8.82. The summed E-state index contributed by atoms with van der Waals surface area (Å²) in [6, 6.07) is 2.78. The molecule has 0 bridgehead atoms. The number of aliphatic carboxylic acids is 1. The lowest BCUT2D eigenvalue weighted by Crippen LogP contribution is -2.60. The van der Waals surface area contributed by atoms with Crippen molar-refractivity contribution in [2.75, 3.05) is 6.54 Å². The Morgan fingerprint density at radius 3 is 2.25 bits per heavy atom. The highest BCUT2D eigenvalue weighted by Gasteiger charge is 2.32. The van der Waals surface area contributed by atoms with Crippen LogP contribution in [0.4, 0.5) is 0 Å². The largest absolute Gasteiger partial charge is 0.480 e. The van der Waals surface area contributed by atoms with Crippen LogP contribution in [0.2, 0.25) is 0 Å². The first-order valence-corrected chi connectivity index (χ1v) is 11.9. The molecule has 5 unspecified atom stereocenters. The number of amides is 3. The van der Waals surface area contributed by atoms with Gasteiger partial charge in [-0.15, -0.1) is 0 Å². The molecule has 12 heteroatoms. The van der Waals surface area contributed by atoms with Crippen molar-refractivity contribution in [2.24, 2.45) is 11.5 Å². The van der Waals surface area contributed by atoms with Gasteiger partial charge in [0.2, 0.25) is 17.7 Å². The van der Waals surface area contributed by atoms with E-state index < -0.39 is 54.0 Å². The summed E-state index contributed by atoms with van der Waals surface area (Å²) in [6.45, 7) is 3.15. The fourth-order valence-corrected chi connectivity index (χ4v) is 3.70. The summed E-state index contributed by atoms with van der Waals surface area (Å²) < 4.78 is 0. The molecule has 5 atom stereocenters. The Kier molecular flexibility index (Phi) is 10.8. The minimum atomic E-state index is -1.45. The fraction of sp³-hybridized carbons (Fsp3) is 0.500. The summed E-state index contributed by atoms with van der Waals surface area (Å²) >= 11 is 0. The number of nitrogens with two attached hydrogens (primary N) is 2. The van der Waals surface area contributed by atoms with Crippen molar-refractivity contribution in [1.82, 2.24) is 20.9 Å². The van der Waals surface area contributed by atoms with Crippen LogP contribution >= 0.6 is 0 Å². The Labute approximate surface area is 209 Å². The van der Waals surface area contributed by atoms with Crippen LogP contribution in [-0.4, -0.2) is 75.7 Å². The molecular formula is C24H36N6O6. The second kappa shape index (κ2) is 13.6. The number of aromatic nitrogens is 1. The number of rotatable bonds is 14. The van der Waals surface area contributed by atoms with Gasteiger partial charge in [0.25, 0.3) is 0 Å². The third-order valence-electron chi connectivity index (χ3n) is 5.77. The number of hydrogen-bond donors (Lipinski definition) is 8. The lowest BCUT2D eigenvalue weighted by atomic mass is 10.0. The molecule has 12 nitrogen and oxygen atoms in total. The molecule has 0 radical (unpaired) electrons. The van der Waals surface area contributed by atoms with Gasteiger partial charge in [0.05, 0.1) is 12.1 Å². The average Bonchev–Trinajstić information content (AvgIpc) is 3.23. The predicted molar refractivity (Wildman–Crippen MR) is 134 cm³/mol. The molecule has 0 aliphatic heterocycles. The van der Waals surface area contributed by atoms with Gasteiger partial charge in [-0.2, -0.15) is 0 Å². The highest BCUT2D eigenvalue weighted by molar-refractivity contribution is 5.95. The highest BCUT2D eigenvalue weighted by Crippen LogP contribution is 2.19. The number of aromatic amines is 1. The Hall–Kier alpha value is -3.48. The number of hydrogen-bond acceptors (Lipinski definition) is 7. The molecule has 1 heterocycles. The van der Waals surface area contributed by atoms with Crippen LogP contribution in [0.15, 0.2) is 30.5 Å². The Morgan fingerprint density at radius 2 is 1.64 bits per heavy atom. The second-order valence-electron chi connectivity index (χ2n) is 8.82. The van der Waals surface area contributed by atoms with Crippen molar-refractivity contribution in [3.05, 3.63) is 36.0 Å². The summed E-state index contributed by atoms with van der Waals surface area (Å²) in [5.41, 5.74) is 12.7. The van der Waals surface area contributed by atoms with Gasteiger partial charge < -0.3 is 42.6 Å². The molecule has 36 heavy (non-hydrogen) atoms. The van der Waals surface area contributed by atoms with E-state index in [1.54, 1.807) is 6.20 Å². The number of carbonyl (C=O) groups excluding carboxylic acids is 3. The molecule has 0 spiro atoms. The number of benzene rings is 1. The normalized spacial score (nSPS) is 15.4. The van der Waals surface area contributed by atoms with Crippen LogP contribution in [-0.2, 0) is 25.6 Å². The van der Waals surface area contributed by atoms with Crippen molar-refractivity contribution < 1.29 is 29.4 Å². The summed E-state index contributed by atoms with van der Waals surface area (Å²) in [6.07, 6.45) is 1.68. The average molecular weight is 505 g/mol. The van der Waals surface area contributed by atoms with E-state index in [-0.39, 0.29) is 12.8 Å². The SMILES string of the molecule is CC(N)C(=O)NC(Cc1c[nH]c2ccccc12)C(=O)NC(C(=O)NC(CCCCN)C(=O)O)C(C)O. The van der Waals surface area contributed by atoms with E-state index in [1.165, 1.54) is 13.8 Å². The molecule has 0 aliphatic rings. The number of para-hydroxylation sites is 1. The molecule has 0 fully saturated rings. The summed E-state index contributed by atoms with van der Waals surface area (Å²) in [7, 11) is 0. The van der Waals surface area contributed by atoms with Crippen molar-refractivity contribution in [2.45, 2.75) is 69.8 Å². The zero-order valence-electron chi connectivity index (χ0n) is 20.5.